The predicted octanol–water partition coefficient (Wildman–Crippen LogP) is 3.01. The Morgan fingerprint density at radius 2 is 1.46 bits per heavy atom. The van der Waals surface area contributed by atoms with Crippen molar-refractivity contribution < 1.29 is 9.47 Å². The summed E-state index contributed by atoms with van der Waals surface area (Å²) in [5.74, 6) is 0. The minimum Gasteiger partial charge on any atom is -0.373 e. The Bertz CT molecular complexity index is 143. The molecule has 13 heavy (non-hydrogen) atoms. The molecule has 0 amide bonds. The summed E-state index contributed by atoms with van der Waals surface area (Å²) in [6, 6.07) is 0. The van der Waals surface area contributed by atoms with Gasteiger partial charge in [0, 0.05) is 0 Å². The summed E-state index contributed by atoms with van der Waals surface area (Å²) in [5, 5.41) is 0. The van der Waals surface area contributed by atoms with E-state index in [9.17, 15) is 0 Å². The van der Waals surface area contributed by atoms with Crippen LogP contribution in [-0.4, -0.2) is 23.9 Å². The minimum atomic E-state index is -0.193. The Morgan fingerprint density at radius 1 is 1.00 bits per heavy atom. The highest BCUT2D eigenvalue weighted by molar-refractivity contribution is 4.71. The summed E-state index contributed by atoms with van der Waals surface area (Å²) in [6.07, 6.45) is 0.249. The molecule has 0 aromatic rings. The van der Waals surface area contributed by atoms with Gasteiger partial charge in [-0.05, 0) is 48.5 Å². The Kier molecular flexibility index (Phi) is 4.40. The van der Waals surface area contributed by atoms with Crippen molar-refractivity contribution in [3.8, 4) is 0 Å². The molecule has 0 aromatic carbocycles. The normalized spacial score (nSPS) is 13.8. The Hall–Kier alpha value is -0.0800. The first-order chi connectivity index (χ1) is 5.62. The lowest BCUT2D eigenvalue weighted by Crippen LogP contribution is -2.37. The summed E-state index contributed by atoms with van der Waals surface area (Å²) >= 11 is 0. The van der Waals surface area contributed by atoms with E-state index in [0.29, 0.717) is 6.61 Å². The molecule has 2 nitrogen and oxygen atoms in total. The number of hydrogen-bond donors (Lipinski definition) is 0. The second-order valence-electron chi connectivity index (χ2n) is 5.33. The summed E-state index contributed by atoms with van der Waals surface area (Å²) in [5.41, 5.74) is -0.279. The lowest BCUT2D eigenvalue weighted by molar-refractivity contribution is -0.132. The average Bonchev–Trinajstić information content (AvgIpc) is 1.79. The molecule has 0 saturated carbocycles. The first-order valence-electron chi connectivity index (χ1n) is 4.94. The fourth-order valence-electron chi connectivity index (χ4n) is 1.06. The van der Waals surface area contributed by atoms with Gasteiger partial charge < -0.3 is 9.47 Å². The van der Waals surface area contributed by atoms with E-state index in [-0.39, 0.29) is 17.3 Å². The van der Waals surface area contributed by atoms with Crippen molar-refractivity contribution in [1.82, 2.24) is 0 Å². The van der Waals surface area contributed by atoms with Crippen molar-refractivity contribution in [3.63, 3.8) is 0 Å². The van der Waals surface area contributed by atoms with Gasteiger partial charge in [-0.1, -0.05) is 0 Å². The van der Waals surface area contributed by atoms with Gasteiger partial charge in [-0.3, -0.25) is 0 Å². The van der Waals surface area contributed by atoms with E-state index in [1.54, 1.807) is 0 Å². The second-order valence-corrected chi connectivity index (χ2v) is 5.33. The third-order valence-corrected chi connectivity index (χ3v) is 1.41. The van der Waals surface area contributed by atoms with Gasteiger partial charge in [-0.2, -0.15) is 0 Å². The fourth-order valence-corrected chi connectivity index (χ4v) is 1.06. The molecule has 0 fully saturated rings. The lowest BCUT2D eigenvalue weighted by atomic mass is 10.1. The SMILES string of the molecule is CC(C)OC(C)(C)COC(C)(C)C. The predicted molar refractivity (Wildman–Crippen MR) is 56.0 cm³/mol. The topological polar surface area (TPSA) is 18.5 Å². The molecule has 0 rings (SSSR count). The van der Waals surface area contributed by atoms with Crippen LogP contribution in [0.15, 0.2) is 0 Å². The monoisotopic (exact) mass is 188 g/mol. The highest BCUT2D eigenvalue weighted by Gasteiger charge is 2.23. The molecular formula is C11H24O2. The molecule has 2 heteroatoms. The third-order valence-electron chi connectivity index (χ3n) is 1.41. The summed E-state index contributed by atoms with van der Waals surface area (Å²) < 4.78 is 11.4. The molecule has 0 spiro atoms. The maximum Gasteiger partial charge on any atom is 0.0862 e. The molecule has 0 N–H and O–H groups in total. The van der Waals surface area contributed by atoms with Crippen LogP contribution in [0.5, 0.6) is 0 Å². The van der Waals surface area contributed by atoms with E-state index < -0.39 is 0 Å². The van der Waals surface area contributed by atoms with Crippen LogP contribution < -0.4 is 0 Å². The second kappa shape index (κ2) is 4.43. The average molecular weight is 188 g/mol. The maximum atomic E-state index is 5.71. The standard InChI is InChI=1S/C11H24O2/c1-9(2)13-11(6,7)8-12-10(3,4)5/h9H,8H2,1-7H3. The van der Waals surface area contributed by atoms with Gasteiger partial charge in [0.1, 0.15) is 0 Å². The summed E-state index contributed by atoms with van der Waals surface area (Å²) in [7, 11) is 0. The zero-order chi connectivity index (χ0) is 10.7. The molecule has 0 radical (unpaired) electrons. The van der Waals surface area contributed by atoms with Crippen molar-refractivity contribution >= 4 is 0 Å². The van der Waals surface area contributed by atoms with Gasteiger partial charge >= 0.3 is 0 Å². The molecule has 80 valence electrons. The van der Waals surface area contributed by atoms with Crippen molar-refractivity contribution in [1.29, 1.82) is 0 Å². The number of ether oxygens (including phenoxy) is 2. The fraction of sp³-hybridized carbons (Fsp3) is 1.00. The maximum absolute atomic E-state index is 5.71. The Balaban J connectivity index is 3.89. The van der Waals surface area contributed by atoms with Gasteiger partial charge in [0.15, 0.2) is 0 Å². The van der Waals surface area contributed by atoms with Crippen molar-refractivity contribution in [2.75, 3.05) is 6.61 Å². The van der Waals surface area contributed by atoms with Gasteiger partial charge in [-0.25, -0.2) is 0 Å². The molecule has 0 unspecified atom stereocenters. The van der Waals surface area contributed by atoms with E-state index in [0.717, 1.165) is 0 Å². The molecule has 0 aromatic heterocycles. The van der Waals surface area contributed by atoms with Crippen LogP contribution in [0.25, 0.3) is 0 Å². The van der Waals surface area contributed by atoms with Gasteiger partial charge in [0.05, 0.1) is 23.9 Å². The third kappa shape index (κ3) is 8.26. The van der Waals surface area contributed by atoms with Crippen molar-refractivity contribution in [2.24, 2.45) is 0 Å². The largest absolute Gasteiger partial charge is 0.373 e. The van der Waals surface area contributed by atoms with Crippen LogP contribution in [-0.2, 0) is 9.47 Å². The Labute approximate surface area is 82.6 Å². The highest BCUT2D eigenvalue weighted by Crippen LogP contribution is 2.16. The molecule has 0 aliphatic carbocycles. The first kappa shape index (κ1) is 12.9. The van der Waals surface area contributed by atoms with Gasteiger partial charge in [-0.15, -0.1) is 0 Å². The molecule has 0 atom stereocenters. The summed E-state index contributed by atoms with van der Waals surface area (Å²) in [6.45, 7) is 15.0. The van der Waals surface area contributed by atoms with Crippen LogP contribution >= 0.6 is 0 Å². The van der Waals surface area contributed by atoms with E-state index >= 15 is 0 Å². The van der Waals surface area contributed by atoms with Crippen LogP contribution in [0.1, 0.15) is 48.5 Å². The number of hydrogen-bond acceptors (Lipinski definition) is 2. The van der Waals surface area contributed by atoms with E-state index in [1.807, 2.05) is 13.8 Å². The van der Waals surface area contributed by atoms with E-state index in [1.165, 1.54) is 0 Å². The summed E-state index contributed by atoms with van der Waals surface area (Å²) in [4.78, 5) is 0. The van der Waals surface area contributed by atoms with Crippen LogP contribution in [0.2, 0.25) is 0 Å². The van der Waals surface area contributed by atoms with Crippen LogP contribution in [0.4, 0.5) is 0 Å². The molecule has 0 saturated heterocycles. The molecule has 0 aliphatic heterocycles. The molecular weight excluding hydrogens is 164 g/mol. The molecule has 0 bridgehead atoms. The zero-order valence-corrected chi connectivity index (χ0v) is 10.1. The Morgan fingerprint density at radius 3 is 1.77 bits per heavy atom. The number of rotatable bonds is 4. The van der Waals surface area contributed by atoms with Crippen LogP contribution in [0.3, 0.4) is 0 Å². The minimum absolute atomic E-state index is 0.0857. The zero-order valence-electron chi connectivity index (χ0n) is 10.1. The van der Waals surface area contributed by atoms with Crippen LogP contribution in [0, 0.1) is 0 Å². The quantitative estimate of drug-likeness (QED) is 0.675. The van der Waals surface area contributed by atoms with Crippen molar-refractivity contribution in [3.05, 3.63) is 0 Å². The first-order valence-corrected chi connectivity index (χ1v) is 4.94. The lowest BCUT2D eigenvalue weighted by Gasteiger charge is -2.31. The van der Waals surface area contributed by atoms with E-state index in [4.69, 9.17) is 9.47 Å². The van der Waals surface area contributed by atoms with Gasteiger partial charge in [0.2, 0.25) is 0 Å². The van der Waals surface area contributed by atoms with E-state index in [2.05, 4.69) is 34.6 Å². The van der Waals surface area contributed by atoms with Gasteiger partial charge in [0.25, 0.3) is 0 Å². The highest BCUT2D eigenvalue weighted by atomic mass is 16.6. The van der Waals surface area contributed by atoms with Crippen molar-refractivity contribution in [2.45, 2.75) is 65.8 Å². The molecule has 0 aliphatic rings. The smallest absolute Gasteiger partial charge is 0.0862 e. The molecule has 0 heterocycles.